The van der Waals surface area contributed by atoms with Gasteiger partial charge in [-0.3, -0.25) is 14.9 Å². The fourth-order valence-corrected chi connectivity index (χ4v) is 2.94. The number of aromatic nitrogens is 3. The van der Waals surface area contributed by atoms with Gasteiger partial charge in [-0.1, -0.05) is 6.07 Å². The molecule has 0 spiro atoms. The van der Waals surface area contributed by atoms with Crippen LogP contribution >= 0.6 is 0 Å². The Morgan fingerprint density at radius 2 is 2.00 bits per heavy atom. The standard InChI is InChI=1S/C18H16N4O2/c1-2-24-12-8-6-11(7-9-12)15-14-16(13-5-3-4-10-19-13)20-18(23)17(14)22-21-15/h3-10,16H,2H2,1H3,(H,20,23)(H,21,22). The normalized spacial score (nSPS) is 15.9. The average molecular weight is 320 g/mol. The summed E-state index contributed by atoms with van der Waals surface area (Å²) in [4.78, 5) is 16.6. The Morgan fingerprint density at radius 3 is 2.71 bits per heavy atom. The van der Waals surface area contributed by atoms with Crippen LogP contribution in [0.15, 0.2) is 48.7 Å². The van der Waals surface area contributed by atoms with E-state index in [1.165, 1.54) is 0 Å². The fourth-order valence-electron chi connectivity index (χ4n) is 2.94. The third kappa shape index (κ3) is 2.32. The number of carbonyl (C=O) groups excluding carboxylic acids is 1. The molecule has 2 N–H and O–H groups in total. The lowest BCUT2D eigenvalue weighted by atomic mass is 10.00. The lowest BCUT2D eigenvalue weighted by Gasteiger charge is -2.12. The number of carbonyl (C=O) groups is 1. The molecule has 0 aliphatic carbocycles. The molecule has 120 valence electrons. The summed E-state index contributed by atoms with van der Waals surface area (Å²) in [5.74, 6) is 0.647. The maximum Gasteiger partial charge on any atom is 0.270 e. The molecule has 6 heteroatoms. The predicted molar refractivity (Wildman–Crippen MR) is 88.7 cm³/mol. The van der Waals surface area contributed by atoms with Crippen LogP contribution in [-0.2, 0) is 0 Å². The van der Waals surface area contributed by atoms with E-state index in [4.69, 9.17) is 4.74 Å². The van der Waals surface area contributed by atoms with Crippen LogP contribution in [0.1, 0.15) is 34.7 Å². The van der Waals surface area contributed by atoms with E-state index < -0.39 is 0 Å². The first-order valence-corrected chi connectivity index (χ1v) is 7.81. The maximum atomic E-state index is 12.2. The number of hydrogen-bond acceptors (Lipinski definition) is 4. The molecule has 0 radical (unpaired) electrons. The smallest absolute Gasteiger partial charge is 0.270 e. The number of nitrogens with one attached hydrogen (secondary N) is 2. The van der Waals surface area contributed by atoms with Crippen molar-refractivity contribution in [2.24, 2.45) is 0 Å². The summed E-state index contributed by atoms with van der Waals surface area (Å²) in [6.45, 7) is 2.57. The quantitative estimate of drug-likeness (QED) is 0.774. The molecule has 0 fully saturated rings. The number of amides is 1. The second-order valence-electron chi connectivity index (χ2n) is 5.48. The van der Waals surface area contributed by atoms with Crippen molar-refractivity contribution in [2.75, 3.05) is 6.61 Å². The highest BCUT2D eigenvalue weighted by Crippen LogP contribution is 2.36. The molecule has 1 unspecified atom stereocenters. The first kappa shape index (κ1) is 14.4. The molecule has 3 aromatic rings. The highest BCUT2D eigenvalue weighted by atomic mass is 16.5. The number of H-pyrrole nitrogens is 1. The number of pyridine rings is 1. The Balaban J connectivity index is 1.77. The number of ether oxygens (including phenoxy) is 1. The Bertz CT molecular complexity index is 872. The molecule has 0 bridgehead atoms. The largest absolute Gasteiger partial charge is 0.494 e. The predicted octanol–water partition coefficient (Wildman–Crippen LogP) is 2.70. The minimum Gasteiger partial charge on any atom is -0.494 e. The summed E-state index contributed by atoms with van der Waals surface area (Å²) in [5.41, 5.74) is 3.80. The van der Waals surface area contributed by atoms with Gasteiger partial charge in [0.1, 0.15) is 17.5 Å². The number of aromatic amines is 1. The van der Waals surface area contributed by atoms with Gasteiger partial charge in [-0.15, -0.1) is 0 Å². The van der Waals surface area contributed by atoms with Crippen molar-refractivity contribution in [1.82, 2.24) is 20.5 Å². The van der Waals surface area contributed by atoms with Gasteiger partial charge in [0.25, 0.3) is 5.91 Å². The van der Waals surface area contributed by atoms with Crippen molar-refractivity contribution in [3.8, 4) is 17.0 Å². The Morgan fingerprint density at radius 1 is 1.17 bits per heavy atom. The molecule has 0 saturated heterocycles. The second-order valence-corrected chi connectivity index (χ2v) is 5.48. The monoisotopic (exact) mass is 320 g/mol. The Labute approximate surface area is 138 Å². The molecular weight excluding hydrogens is 304 g/mol. The van der Waals surface area contributed by atoms with Crippen LogP contribution in [0, 0.1) is 0 Å². The van der Waals surface area contributed by atoms with Gasteiger partial charge in [-0.25, -0.2) is 0 Å². The minimum absolute atomic E-state index is 0.162. The second kappa shape index (κ2) is 5.81. The minimum atomic E-state index is -0.297. The van der Waals surface area contributed by atoms with Crippen LogP contribution in [0.5, 0.6) is 5.75 Å². The molecule has 1 aliphatic rings. The molecule has 6 nitrogen and oxygen atoms in total. The molecule has 4 rings (SSSR count). The molecule has 1 amide bonds. The summed E-state index contributed by atoms with van der Waals surface area (Å²) in [6.07, 6.45) is 1.72. The maximum absolute atomic E-state index is 12.2. The third-order valence-electron chi connectivity index (χ3n) is 4.02. The van der Waals surface area contributed by atoms with Crippen LogP contribution in [0.25, 0.3) is 11.3 Å². The van der Waals surface area contributed by atoms with Gasteiger partial charge in [0.05, 0.1) is 18.0 Å². The van der Waals surface area contributed by atoms with Gasteiger partial charge in [0.2, 0.25) is 0 Å². The number of benzene rings is 1. The van der Waals surface area contributed by atoms with Crippen LogP contribution in [-0.4, -0.2) is 27.7 Å². The number of fused-ring (bicyclic) bond motifs is 1. The highest BCUT2D eigenvalue weighted by molar-refractivity contribution is 6.00. The van der Waals surface area contributed by atoms with E-state index in [9.17, 15) is 4.79 Å². The number of hydrogen-bond donors (Lipinski definition) is 2. The summed E-state index contributed by atoms with van der Waals surface area (Å²) >= 11 is 0. The first-order chi connectivity index (χ1) is 11.8. The zero-order valence-electron chi connectivity index (χ0n) is 13.1. The lowest BCUT2D eigenvalue weighted by Crippen LogP contribution is -2.21. The lowest BCUT2D eigenvalue weighted by molar-refractivity contribution is 0.0955. The van der Waals surface area contributed by atoms with Crippen LogP contribution in [0.4, 0.5) is 0 Å². The van der Waals surface area contributed by atoms with Gasteiger partial charge in [-0.05, 0) is 43.3 Å². The van der Waals surface area contributed by atoms with E-state index in [1.54, 1.807) is 6.20 Å². The zero-order valence-corrected chi connectivity index (χ0v) is 13.1. The number of rotatable bonds is 4. The van der Waals surface area contributed by atoms with E-state index in [2.05, 4.69) is 20.5 Å². The van der Waals surface area contributed by atoms with Crippen molar-refractivity contribution < 1.29 is 9.53 Å². The van der Waals surface area contributed by atoms with Crippen molar-refractivity contribution in [1.29, 1.82) is 0 Å². The Hall–Kier alpha value is -3.15. The van der Waals surface area contributed by atoms with E-state index in [1.807, 2.05) is 49.4 Å². The zero-order chi connectivity index (χ0) is 16.5. The van der Waals surface area contributed by atoms with E-state index in [0.29, 0.717) is 12.3 Å². The molecule has 24 heavy (non-hydrogen) atoms. The van der Waals surface area contributed by atoms with Gasteiger partial charge in [0.15, 0.2) is 0 Å². The Kier molecular flexibility index (Phi) is 3.49. The third-order valence-corrected chi connectivity index (χ3v) is 4.02. The van der Waals surface area contributed by atoms with Gasteiger partial charge >= 0.3 is 0 Å². The van der Waals surface area contributed by atoms with Crippen molar-refractivity contribution >= 4 is 5.91 Å². The topological polar surface area (TPSA) is 79.9 Å². The van der Waals surface area contributed by atoms with E-state index in [-0.39, 0.29) is 11.9 Å². The SMILES string of the molecule is CCOc1ccc(-c2n[nH]c3c2C(c2ccccn2)NC3=O)cc1. The molecule has 3 heterocycles. The molecule has 2 aromatic heterocycles. The van der Waals surface area contributed by atoms with Crippen molar-refractivity contribution in [3.05, 3.63) is 65.6 Å². The fraction of sp³-hybridized carbons (Fsp3) is 0.167. The number of nitrogens with zero attached hydrogens (tertiary/aromatic N) is 2. The van der Waals surface area contributed by atoms with Crippen LogP contribution in [0.3, 0.4) is 0 Å². The summed E-state index contributed by atoms with van der Waals surface area (Å²) in [6, 6.07) is 13.1. The molecule has 0 saturated carbocycles. The molecular formula is C18H16N4O2. The highest BCUT2D eigenvalue weighted by Gasteiger charge is 2.36. The van der Waals surface area contributed by atoms with Crippen molar-refractivity contribution in [3.63, 3.8) is 0 Å². The van der Waals surface area contributed by atoms with Crippen LogP contribution < -0.4 is 10.1 Å². The van der Waals surface area contributed by atoms with Crippen LogP contribution in [0.2, 0.25) is 0 Å². The molecule has 1 atom stereocenters. The van der Waals surface area contributed by atoms with E-state index in [0.717, 1.165) is 28.3 Å². The summed E-state index contributed by atoms with van der Waals surface area (Å²) < 4.78 is 5.47. The average Bonchev–Trinajstić information content (AvgIpc) is 3.18. The van der Waals surface area contributed by atoms with Gasteiger partial charge in [0, 0.05) is 17.3 Å². The van der Waals surface area contributed by atoms with Crippen molar-refractivity contribution in [2.45, 2.75) is 13.0 Å². The molecule has 1 aromatic carbocycles. The van der Waals surface area contributed by atoms with Gasteiger partial charge in [-0.2, -0.15) is 5.10 Å². The van der Waals surface area contributed by atoms with Gasteiger partial charge < -0.3 is 10.1 Å². The molecule has 1 aliphatic heterocycles. The summed E-state index contributed by atoms with van der Waals surface area (Å²) in [5, 5.41) is 10.2. The first-order valence-electron chi connectivity index (χ1n) is 7.81. The summed E-state index contributed by atoms with van der Waals surface area (Å²) in [7, 11) is 0. The van der Waals surface area contributed by atoms with E-state index >= 15 is 0 Å².